The second kappa shape index (κ2) is 11.5. The number of aromatic nitrogens is 1. The fourth-order valence-electron chi connectivity index (χ4n) is 2.82. The Morgan fingerprint density at radius 2 is 1.24 bits per heavy atom. The van der Waals surface area contributed by atoms with Gasteiger partial charge in [0.2, 0.25) is 0 Å². The molecular weight excluding hydrogens is 262 g/mol. The Kier molecular flexibility index (Phi) is 9.84. The first kappa shape index (κ1) is 17.9. The van der Waals surface area contributed by atoms with Crippen LogP contribution in [0.15, 0.2) is 6.07 Å². The number of H-pyrrole nitrogens is 1. The molecule has 1 aromatic rings. The first-order valence-electron chi connectivity index (χ1n) is 8.84. The molecule has 0 aromatic carbocycles. The summed E-state index contributed by atoms with van der Waals surface area (Å²) in [5, 5.41) is 18.7. The van der Waals surface area contributed by atoms with Gasteiger partial charge in [-0.1, -0.05) is 77.6 Å². The zero-order valence-corrected chi connectivity index (χ0v) is 13.7. The van der Waals surface area contributed by atoms with Gasteiger partial charge in [0.15, 0.2) is 11.8 Å². The van der Waals surface area contributed by atoms with E-state index in [0.29, 0.717) is 0 Å². The van der Waals surface area contributed by atoms with Crippen molar-refractivity contribution in [1.82, 2.24) is 4.98 Å². The SMILES string of the molecule is CCCCCCCCCCCCCCc1cc(O)[nH]c1O. The highest BCUT2D eigenvalue weighted by molar-refractivity contribution is 5.32. The van der Waals surface area contributed by atoms with Crippen LogP contribution >= 0.6 is 0 Å². The smallest absolute Gasteiger partial charge is 0.194 e. The van der Waals surface area contributed by atoms with Crippen LogP contribution in [0.4, 0.5) is 0 Å². The topological polar surface area (TPSA) is 56.2 Å². The summed E-state index contributed by atoms with van der Waals surface area (Å²) in [6.45, 7) is 2.26. The van der Waals surface area contributed by atoms with E-state index in [1.165, 1.54) is 70.6 Å². The third kappa shape index (κ3) is 8.69. The molecule has 0 amide bonds. The first-order chi connectivity index (χ1) is 10.2. The third-order valence-electron chi connectivity index (χ3n) is 4.16. The molecule has 3 nitrogen and oxygen atoms in total. The van der Waals surface area contributed by atoms with Crippen molar-refractivity contribution in [2.45, 2.75) is 90.4 Å². The van der Waals surface area contributed by atoms with E-state index in [4.69, 9.17) is 0 Å². The fraction of sp³-hybridized carbons (Fsp3) is 0.778. The summed E-state index contributed by atoms with van der Waals surface area (Å²) in [6, 6.07) is 1.62. The van der Waals surface area contributed by atoms with Crippen LogP contribution in [0, 0.1) is 0 Å². The lowest BCUT2D eigenvalue weighted by Gasteiger charge is -2.03. The number of aromatic amines is 1. The standard InChI is InChI=1S/C18H33NO2/c1-2-3-4-5-6-7-8-9-10-11-12-13-14-16-15-17(20)19-18(16)21/h15,19-21H,2-14H2,1H3. The van der Waals surface area contributed by atoms with Crippen LogP contribution in [0.1, 0.15) is 89.5 Å². The molecule has 0 unspecified atom stereocenters. The number of nitrogens with one attached hydrogen (secondary N) is 1. The molecule has 0 bridgehead atoms. The second-order valence-electron chi connectivity index (χ2n) is 6.17. The Hall–Kier alpha value is -1.12. The van der Waals surface area contributed by atoms with Gasteiger partial charge in [-0.05, 0) is 12.8 Å². The lowest BCUT2D eigenvalue weighted by atomic mass is 10.0. The third-order valence-corrected chi connectivity index (χ3v) is 4.16. The molecule has 0 aliphatic heterocycles. The molecule has 0 spiro atoms. The van der Waals surface area contributed by atoms with Crippen molar-refractivity contribution in [2.24, 2.45) is 0 Å². The molecule has 122 valence electrons. The monoisotopic (exact) mass is 295 g/mol. The normalized spacial score (nSPS) is 11.1. The van der Waals surface area contributed by atoms with Crippen LogP contribution in [0.2, 0.25) is 0 Å². The lowest BCUT2D eigenvalue weighted by molar-refractivity contribution is 0.422. The van der Waals surface area contributed by atoms with Gasteiger partial charge in [-0.2, -0.15) is 0 Å². The summed E-state index contributed by atoms with van der Waals surface area (Å²) >= 11 is 0. The van der Waals surface area contributed by atoms with Gasteiger partial charge in [-0.3, -0.25) is 4.98 Å². The molecule has 0 fully saturated rings. The van der Waals surface area contributed by atoms with Crippen LogP contribution in [-0.2, 0) is 6.42 Å². The van der Waals surface area contributed by atoms with Gasteiger partial charge in [0.25, 0.3) is 0 Å². The maximum absolute atomic E-state index is 9.49. The Labute approximate surface area is 129 Å². The van der Waals surface area contributed by atoms with Crippen LogP contribution in [-0.4, -0.2) is 15.2 Å². The Bertz CT molecular complexity index is 360. The van der Waals surface area contributed by atoms with E-state index >= 15 is 0 Å². The molecule has 0 atom stereocenters. The Morgan fingerprint density at radius 3 is 1.67 bits per heavy atom. The van der Waals surface area contributed by atoms with Crippen LogP contribution < -0.4 is 0 Å². The molecular formula is C18H33NO2. The van der Waals surface area contributed by atoms with Gasteiger partial charge in [-0.15, -0.1) is 0 Å². The average molecular weight is 295 g/mol. The fourth-order valence-corrected chi connectivity index (χ4v) is 2.82. The lowest BCUT2D eigenvalue weighted by Crippen LogP contribution is -1.85. The number of hydrogen-bond donors (Lipinski definition) is 3. The zero-order chi connectivity index (χ0) is 15.3. The summed E-state index contributed by atoms with van der Waals surface area (Å²) in [4.78, 5) is 2.51. The first-order valence-corrected chi connectivity index (χ1v) is 8.84. The highest BCUT2D eigenvalue weighted by atomic mass is 16.3. The summed E-state index contributed by atoms with van der Waals surface area (Å²) in [6.07, 6.45) is 16.9. The quantitative estimate of drug-likeness (QED) is 0.411. The predicted octanol–water partition coefficient (Wildman–Crippen LogP) is 5.67. The average Bonchev–Trinajstić information content (AvgIpc) is 2.78. The van der Waals surface area contributed by atoms with Crippen molar-refractivity contribution in [3.63, 3.8) is 0 Å². The van der Waals surface area contributed by atoms with Crippen LogP contribution in [0.25, 0.3) is 0 Å². The van der Waals surface area contributed by atoms with E-state index in [-0.39, 0.29) is 11.8 Å². The molecule has 21 heavy (non-hydrogen) atoms. The molecule has 0 saturated heterocycles. The minimum Gasteiger partial charge on any atom is -0.495 e. The molecule has 0 aliphatic rings. The summed E-state index contributed by atoms with van der Waals surface area (Å²) in [7, 11) is 0. The Morgan fingerprint density at radius 1 is 0.762 bits per heavy atom. The summed E-state index contributed by atoms with van der Waals surface area (Å²) in [5.74, 6) is 0.178. The van der Waals surface area contributed by atoms with Crippen LogP contribution in [0.5, 0.6) is 11.8 Å². The van der Waals surface area contributed by atoms with Gasteiger partial charge in [-0.25, -0.2) is 0 Å². The van der Waals surface area contributed by atoms with E-state index < -0.39 is 0 Å². The highest BCUT2D eigenvalue weighted by Crippen LogP contribution is 2.23. The van der Waals surface area contributed by atoms with E-state index in [1.807, 2.05) is 0 Å². The number of aromatic hydroxyl groups is 2. The van der Waals surface area contributed by atoms with Crippen molar-refractivity contribution < 1.29 is 10.2 Å². The number of hydrogen-bond acceptors (Lipinski definition) is 2. The van der Waals surface area contributed by atoms with Crippen molar-refractivity contribution in [3.05, 3.63) is 11.6 Å². The minimum atomic E-state index is 0.0569. The highest BCUT2D eigenvalue weighted by Gasteiger charge is 2.05. The van der Waals surface area contributed by atoms with Crippen molar-refractivity contribution in [1.29, 1.82) is 0 Å². The van der Waals surface area contributed by atoms with E-state index in [9.17, 15) is 10.2 Å². The summed E-state index contributed by atoms with van der Waals surface area (Å²) < 4.78 is 0. The van der Waals surface area contributed by atoms with E-state index in [1.54, 1.807) is 6.07 Å². The second-order valence-corrected chi connectivity index (χ2v) is 6.17. The van der Waals surface area contributed by atoms with Gasteiger partial charge in [0.1, 0.15) is 0 Å². The molecule has 0 radical (unpaired) electrons. The van der Waals surface area contributed by atoms with Gasteiger partial charge in [0, 0.05) is 11.6 Å². The van der Waals surface area contributed by atoms with E-state index in [2.05, 4.69) is 11.9 Å². The maximum atomic E-state index is 9.49. The van der Waals surface area contributed by atoms with Gasteiger partial charge in [0.05, 0.1) is 0 Å². The largest absolute Gasteiger partial charge is 0.495 e. The van der Waals surface area contributed by atoms with Crippen LogP contribution in [0.3, 0.4) is 0 Å². The number of rotatable bonds is 13. The van der Waals surface area contributed by atoms with Gasteiger partial charge >= 0.3 is 0 Å². The molecule has 1 heterocycles. The number of unbranched alkanes of at least 4 members (excludes halogenated alkanes) is 11. The molecule has 3 heteroatoms. The molecule has 1 aromatic heterocycles. The minimum absolute atomic E-state index is 0.0569. The number of aryl methyl sites for hydroxylation is 1. The predicted molar refractivity (Wildman–Crippen MR) is 88.9 cm³/mol. The summed E-state index contributed by atoms with van der Waals surface area (Å²) in [5.41, 5.74) is 0.833. The van der Waals surface area contributed by atoms with Crippen molar-refractivity contribution in [3.8, 4) is 11.8 Å². The van der Waals surface area contributed by atoms with E-state index in [0.717, 1.165) is 18.4 Å². The molecule has 3 N–H and O–H groups in total. The molecule has 0 saturated carbocycles. The maximum Gasteiger partial charge on any atom is 0.194 e. The van der Waals surface area contributed by atoms with Crippen molar-refractivity contribution in [2.75, 3.05) is 0 Å². The zero-order valence-electron chi connectivity index (χ0n) is 13.7. The molecule has 1 rings (SSSR count). The molecule has 0 aliphatic carbocycles. The van der Waals surface area contributed by atoms with Crippen molar-refractivity contribution >= 4 is 0 Å². The van der Waals surface area contributed by atoms with Gasteiger partial charge < -0.3 is 10.2 Å². The Balaban J connectivity index is 1.84.